The number of aromatic amines is 1. The SMILES string of the molecule is CC(C)(C)C1CCC(c2nc3c(c(=O)[nH]2)CCC3)CC1. The van der Waals surface area contributed by atoms with Crippen LogP contribution in [0.1, 0.15) is 75.9 Å². The Hall–Kier alpha value is -1.12. The molecule has 0 aliphatic heterocycles. The highest BCUT2D eigenvalue weighted by Crippen LogP contribution is 2.42. The van der Waals surface area contributed by atoms with E-state index in [4.69, 9.17) is 4.98 Å². The van der Waals surface area contributed by atoms with Crippen LogP contribution in [0.3, 0.4) is 0 Å². The quantitative estimate of drug-likeness (QED) is 0.850. The number of aromatic nitrogens is 2. The molecule has 3 rings (SSSR count). The van der Waals surface area contributed by atoms with Gasteiger partial charge in [-0.15, -0.1) is 0 Å². The van der Waals surface area contributed by atoms with E-state index in [2.05, 4.69) is 25.8 Å². The van der Waals surface area contributed by atoms with E-state index in [1.807, 2.05) is 0 Å². The van der Waals surface area contributed by atoms with E-state index in [1.54, 1.807) is 0 Å². The van der Waals surface area contributed by atoms with Crippen molar-refractivity contribution in [3.8, 4) is 0 Å². The summed E-state index contributed by atoms with van der Waals surface area (Å²) >= 11 is 0. The first-order chi connectivity index (χ1) is 9.45. The Morgan fingerprint density at radius 2 is 1.80 bits per heavy atom. The third-order valence-electron chi connectivity index (χ3n) is 5.30. The van der Waals surface area contributed by atoms with Crippen LogP contribution in [0.25, 0.3) is 0 Å². The molecule has 0 spiro atoms. The minimum absolute atomic E-state index is 0.125. The minimum atomic E-state index is 0.125. The maximum atomic E-state index is 12.1. The molecule has 0 bridgehead atoms. The summed E-state index contributed by atoms with van der Waals surface area (Å²) in [6.45, 7) is 7.02. The smallest absolute Gasteiger partial charge is 0.254 e. The molecular formula is C17H26N2O. The average Bonchev–Trinajstić information content (AvgIpc) is 2.86. The Labute approximate surface area is 121 Å². The molecule has 1 N–H and O–H groups in total. The van der Waals surface area contributed by atoms with Crippen molar-refractivity contribution in [1.82, 2.24) is 9.97 Å². The van der Waals surface area contributed by atoms with Crippen LogP contribution in [0.15, 0.2) is 4.79 Å². The maximum absolute atomic E-state index is 12.1. The monoisotopic (exact) mass is 274 g/mol. The molecular weight excluding hydrogens is 248 g/mol. The Morgan fingerprint density at radius 3 is 2.45 bits per heavy atom. The van der Waals surface area contributed by atoms with Crippen molar-refractivity contribution < 1.29 is 0 Å². The fraction of sp³-hybridized carbons (Fsp3) is 0.765. The summed E-state index contributed by atoms with van der Waals surface area (Å²) < 4.78 is 0. The Bertz CT molecular complexity index is 545. The zero-order valence-electron chi connectivity index (χ0n) is 13.0. The molecule has 3 heteroatoms. The van der Waals surface area contributed by atoms with Crippen LogP contribution in [-0.4, -0.2) is 9.97 Å². The van der Waals surface area contributed by atoms with Crippen LogP contribution in [0.2, 0.25) is 0 Å². The maximum Gasteiger partial charge on any atom is 0.254 e. The molecule has 1 saturated carbocycles. The van der Waals surface area contributed by atoms with Gasteiger partial charge in [-0.05, 0) is 56.3 Å². The van der Waals surface area contributed by atoms with E-state index in [1.165, 1.54) is 25.7 Å². The first kappa shape index (κ1) is 13.8. The number of hydrogen-bond acceptors (Lipinski definition) is 2. The van der Waals surface area contributed by atoms with Crippen LogP contribution >= 0.6 is 0 Å². The summed E-state index contributed by atoms with van der Waals surface area (Å²) in [6, 6.07) is 0. The predicted octanol–water partition coefficient (Wildman–Crippen LogP) is 3.58. The van der Waals surface area contributed by atoms with E-state index in [0.717, 1.165) is 42.3 Å². The number of nitrogens with zero attached hydrogens (tertiary/aromatic N) is 1. The number of H-pyrrole nitrogens is 1. The van der Waals surface area contributed by atoms with Gasteiger partial charge >= 0.3 is 0 Å². The molecule has 0 aromatic carbocycles. The highest BCUT2D eigenvalue weighted by molar-refractivity contribution is 5.23. The van der Waals surface area contributed by atoms with Gasteiger partial charge in [0.25, 0.3) is 5.56 Å². The lowest BCUT2D eigenvalue weighted by molar-refractivity contribution is 0.167. The first-order valence-electron chi connectivity index (χ1n) is 8.07. The first-order valence-corrected chi connectivity index (χ1v) is 8.07. The van der Waals surface area contributed by atoms with Gasteiger partial charge in [0.2, 0.25) is 0 Å². The molecule has 1 fully saturated rings. The molecule has 20 heavy (non-hydrogen) atoms. The standard InChI is InChI=1S/C17H26N2O/c1-17(2,3)12-9-7-11(8-10-12)15-18-14-6-4-5-13(14)16(20)19-15/h11-12H,4-10H2,1-3H3,(H,18,19,20). The molecule has 0 radical (unpaired) electrons. The summed E-state index contributed by atoms with van der Waals surface area (Å²) in [5.74, 6) is 2.23. The van der Waals surface area contributed by atoms with Gasteiger partial charge in [0.1, 0.15) is 5.82 Å². The van der Waals surface area contributed by atoms with Crippen molar-refractivity contribution in [1.29, 1.82) is 0 Å². The van der Waals surface area contributed by atoms with Gasteiger partial charge in [-0.1, -0.05) is 20.8 Å². The summed E-state index contributed by atoms with van der Waals surface area (Å²) in [5.41, 5.74) is 2.54. The van der Waals surface area contributed by atoms with Gasteiger partial charge in [0.15, 0.2) is 0 Å². The summed E-state index contributed by atoms with van der Waals surface area (Å²) in [5, 5.41) is 0. The van der Waals surface area contributed by atoms with Gasteiger partial charge in [0.05, 0.1) is 5.69 Å². The molecule has 2 aliphatic rings. The van der Waals surface area contributed by atoms with Crippen LogP contribution in [0, 0.1) is 11.3 Å². The van der Waals surface area contributed by atoms with E-state index >= 15 is 0 Å². The summed E-state index contributed by atoms with van der Waals surface area (Å²) in [6.07, 6.45) is 7.85. The van der Waals surface area contributed by atoms with E-state index in [9.17, 15) is 4.79 Å². The van der Waals surface area contributed by atoms with Crippen LogP contribution in [-0.2, 0) is 12.8 Å². The molecule has 1 aromatic rings. The third kappa shape index (κ3) is 2.55. The lowest BCUT2D eigenvalue weighted by Gasteiger charge is -2.36. The van der Waals surface area contributed by atoms with Gasteiger partial charge in [-0.3, -0.25) is 4.79 Å². The van der Waals surface area contributed by atoms with Gasteiger partial charge in [-0.2, -0.15) is 0 Å². The number of hydrogen-bond donors (Lipinski definition) is 1. The van der Waals surface area contributed by atoms with Crippen molar-refractivity contribution in [2.45, 2.75) is 71.6 Å². The lowest BCUT2D eigenvalue weighted by atomic mass is 9.69. The van der Waals surface area contributed by atoms with Crippen molar-refractivity contribution in [2.24, 2.45) is 11.3 Å². The largest absolute Gasteiger partial charge is 0.310 e. The third-order valence-corrected chi connectivity index (χ3v) is 5.30. The minimum Gasteiger partial charge on any atom is -0.310 e. The second-order valence-corrected chi connectivity index (χ2v) is 7.64. The molecule has 1 aromatic heterocycles. The fourth-order valence-corrected chi connectivity index (χ4v) is 3.89. The van der Waals surface area contributed by atoms with Gasteiger partial charge in [-0.25, -0.2) is 4.98 Å². The van der Waals surface area contributed by atoms with Crippen molar-refractivity contribution in [3.63, 3.8) is 0 Å². The van der Waals surface area contributed by atoms with Crippen LogP contribution in [0.4, 0.5) is 0 Å². The Balaban J connectivity index is 1.76. The van der Waals surface area contributed by atoms with Crippen molar-refractivity contribution in [2.75, 3.05) is 0 Å². The zero-order chi connectivity index (χ0) is 14.3. The molecule has 0 saturated heterocycles. The van der Waals surface area contributed by atoms with Crippen LogP contribution < -0.4 is 5.56 Å². The fourth-order valence-electron chi connectivity index (χ4n) is 3.89. The number of fused-ring (bicyclic) bond motifs is 1. The Kier molecular flexibility index (Phi) is 3.47. The summed E-state index contributed by atoms with van der Waals surface area (Å²) in [4.78, 5) is 19.9. The average molecular weight is 274 g/mol. The molecule has 0 unspecified atom stereocenters. The number of nitrogens with one attached hydrogen (secondary N) is 1. The Morgan fingerprint density at radius 1 is 1.10 bits per heavy atom. The van der Waals surface area contributed by atoms with Crippen LogP contribution in [0.5, 0.6) is 0 Å². The predicted molar refractivity (Wildman–Crippen MR) is 81.0 cm³/mol. The van der Waals surface area contributed by atoms with Gasteiger partial charge < -0.3 is 4.98 Å². The second-order valence-electron chi connectivity index (χ2n) is 7.64. The summed E-state index contributed by atoms with van der Waals surface area (Å²) in [7, 11) is 0. The van der Waals surface area contributed by atoms with Gasteiger partial charge in [0, 0.05) is 11.5 Å². The molecule has 2 aliphatic carbocycles. The van der Waals surface area contributed by atoms with E-state index < -0.39 is 0 Å². The van der Waals surface area contributed by atoms with E-state index in [-0.39, 0.29) is 5.56 Å². The highest BCUT2D eigenvalue weighted by atomic mass is 16.1. The number of aryl methyl sites for hydroxylation is 1. The van der Waals surface area contributed by atoms with E-state index in [0.29, 0.717) is 11.3 Å². The highest BCUT2D eigenvalue weighted by Gasteiger charge is 2.31. The molecule has 0 atom stereocenters. The molecule has 3 nitrogen and oxygen atoms in total. The molecule has 110 valence electrons. The van der Waals surface area contributed by atoms with Crippen molar-refractivity contribution in [3.05, 3.63) is 27.4 Å². The number of rotatable bonds is 1. The zero-order valence-corrected chi connectivity index (χ0v) is 13.0. The lowest BCUT2D eigenvalue weighted by Crippen LogP contribution is -2.27. The topological polar surface area (TPSA) is 45.8 Å². The second kappa shape index (κ2) is 5.01. The van der Waals surface area contributed by atoms with Crippen molar-refractivity contribution >= 4 is 0 Å². The molecule has 0 amide bonds. The normalized spacial score (nSPS) is 26.6. The molecule has 1 heterocycles.